The number of thioether (sulfide) groups is 1. The van der Waals surface area contributed by atoms with Crippen molar-refractivity contribution in [2.75, 3.05) is 18.6 Å². The number of carboxylic acids is 1. The van der Waals surface area contributed by atoms with Gasteiger partial charge in [0.05, 0.1) is 6.04 Å². The van der Waals surface area contributed by atoms with Gasteiger partial charge in [0, 0.05) is 6.42 Å². The van der Waals surface area contributed by atoms with E-state index in [2.05, 4.69) is 16.0 Å². The van der Waals surface area contributed by atoms with E-state index in [-0.39, 0.29) is 11.9 Å². The number of benzene rings is 1. The molecule has 4 N–H and O–H groups in total. The highest BCUT2D eigenvalue weighted by molar-refractivity contribution is 7.98. The molecule has 1 aromatic carbocycles. The summed E-state index contributed by atoms with van der Waals surface area (Å²) in [4.78, 5) is 36.7. The van der Waals surface area contributed by atoms with Gasteiger partial charge in [-0.3, -0.25) is 9.59 Å². The quantitative estimate of drug-likeness (QED) is 0.468. The average molecular weight is 394 g/mol. The predicted molar refractivity (Wildman–Crippen MR) is 106 cm³/mol. The summed E-state index contributed by atoms with van der Waals surface area (Å²) in [6, 6.07) is 7.27. The van der Waals surface area contributed by atoms with Gasteiger partial charge in [-0.25, -0.2) is 4.79 Å². The second-order valence-electron chi connectivity index (χ2n) is 6.58. The van der Waals surface area contributed by atoms with Crippen LogP contribution < -0.4 is 16.0 Å². The van der Waals surface area contributed by atoms with Gasteiger partial charge in [0.25, 0.3) is 0 Å². The summed E-state index contributed by atoms with van der Waals surface area (Å²) in [5.74, 6) is -1.14. The van der Waals surface area contributed by atoms with Crippen LogP contribution in [0.2, 0.25) is 0 Å². The molecule has 1 aliphatic heterocycles. The van der Waals surface area contributed by atoms with Crippen LogP contribution >= 0.6 is 11.8 Å². The van der Waals surface area contributed by atoms with E-state index < -0.39 is 24.0 Å². The van der Waals surface area contributed by atoms with Crippen molar-refractivity contribution in [1.82, 2.24) is 16.0 Å². The van der Waals surface area contributed by atoms with Crippen molar-refractivity contribution in [1.29, 1.82) is 0 Å². The van der Waals surface area contributed by atoms with Crippen LogP contribution in [0.25, 0.3) is 0 Å². The predicted octanol–water partition coefficient (Wildman–Crippen LogP) is 0.788. The zero-order valence-electron chi connectivity index (χ0n) is 15.4. The molecule has 1 heterocycles. The minimum Gasteiger partial charge on any atom is -0.480 e. The molecule has 2 rings (SSSR count). The van der Waals surface area contributed by atoms with E-state index in [0.29, 0.717) is 18.6 Å². The monoisotopic (exact) mass is 393 g/mol. The number of nitrogens with one attached hydrogen (secondary N) is 3. The van der Waals surface area contributed by atoms with Crippen LogP contribution in [0.4, 0.5) is 0 Å². The van der Waals surface area contributed by atoms with Gasteiger partial charge >= 0.3 is 5.97 Å². The topological polar surface area (TPSA) is 108 Å². The molecule has 1 saturated heterocycles. The third-order valence-electron chi connectivity index (χ3n) is 4.52. The highest BCUT2D eigenvalue weighted by Gasteiger charge is 2.29. The SMILES string of the molecule is CSCC[C@H](NC(=O)[C@H](Cc1ccccc1)NC(=O)[C@@H]1CCCN1)C(=O)O. The van der Waals surface area contributed by atoms with E-state index >= 15 is 0 Å². The third kappa shape index (κ3) is 6.88. The van der Waals surface area contributed by atoms with Crippen LogP contribution in [-0.4, -0.2) is 59.6 Å². The smallest absolute Gasteiger partial charge is 0.326 e. The van der Waals surface area contributed by atoms with Gasteiger partial charge in [0.2, 0.25) is 11.8 Å². The Kier molecular flexibility index (Phi) is 8.60. The zero-order valence-corrected chi connectivity index (χ0v) is 16.3. The van der Waals surface area contributed by atoms with Gasteiger partial charge in [-0.2, -0.15) is 11.8 Å². The highest BCUT2D eigenvalue weighted by Crippen LogP contribution is 2.09. The molecule has 3 atom stereocenters. The Morgan fingerprint density at radius 3 is 2.56 bits per heavy atom. The molecule has 0 saturated carbocycles. The standard InChI is InChI=1S/C19H27N3O4S/c1-27-11-9-15(19(25)26)21-18(24)16(12-13-6-3-2-4-7-13)22-17(23)14-8-5-10-20-14/h2-4,6-7,14-16,20H,5,8-12H2,1H3,(H,21,24)(H,22,23)(H,25,26)/t14-,15-,16-/m0/s1. The Morgan fingerprint density at radius 2 is 1.96 bits per heavy atom. The first-order valence-electron chi connectivity index (χ1n) is 9.11. The molecule has 1 fully saturated rings. The summed E-state index contributed by atoms with van der Waals surface area (Å²) < 4.78 is 0. The maximum atomic E-state index is 12.8. The van der Waals surface area contributed by atoms with E-state index in [1.807, 2.05) is 36.6 Å². The number of hydrogen-bond donors (Lipinski definition) is 4. The van der Waals surface area contributed by atoms with Crippen molar-refractivity contribution in [3.05, 3.63) is 35.9 Å². The van der Waals surface area contributed by atoms with Crippen LogP contribution in [0.15, 0.2) is 30.3 Å². The average Bonchev–Trinajstić information content (AvgIpc) is 3.20. The second kappa shape index (κ2) is 10.9. The first-order valence-corrected chi connectivity index (χ1v) is 10.5. The molecule has 0 unspecified atom stereocenters. The molecule has 0 radical (unpaired) electrons. The van der Waals surface area contributed by atoms with Crippen LogP contribution in [0.3, 0.4) is 0 Å². The fraction of sp³-hybridized carbons (Fsp3) is 0.526. The fourth-order valence-electron chi connectivity index (χ4n) is 3.01. The highest BCUT2D eigenvalue weighted by atomic mass is 32.2. The normalized spacial score (nSPS) is 18.5. The molecule has 7 nitrogen and oxygen atoms in total. The molecule has 0 spiro atoms. The number of rotatable bonds is 10. The van der Waals surface area contributed by atoms with E-state index in [1.165, 1.54) is 11.8 Å². The molecule has 27 heavy (non-hydrogen) atoms. The Balaban J connectivity index is 2.07. The Morgan fingerprint density at radius 1 is 1.22 bits per heavy atom. The van der Waals surface area contributed by atoms with Gasteiger partial charge < -0.3 is 21.1 Å². The Hall–Kier alpha value is -2.06. The molecule has 0 aromatic heterocycles. The lowest BCUT2D eigenvalue weighted by atomic mass is 10.0. The Labute approximate surface area is 163 Å². The summed E-state index contributed by atoms with van der Waals surface area (Å²) in [5, 5.41) is 17.8. The number of carbonyl (C=O) groups excluding carboxylic acids is 2. The minimum absolute atomic E-state index is 0.223. The first kappa shape index (κ1) is 21.2. The summed E-state index contributed by atoms with van der Waals surface area (Å²) in [6.45, 7) is 0.781. The zero-order chi connectivity index (χ0) is 19.6. The third-order valence-corrected chi connectivity index (χ3v) is 5.16. The van der Waals surface area contributed by atoms with Crippen molar-refractivity contribution >= 4 is 29.5 Å². The summed E-state index contributed by atoms with van der Waals surface area (Å²) in [7, 11) is 0. The molecular formula is C19H27N3O4S. The van der Waals surface area contributed by atoms with Crippen molar-refractivity contribution in [3.8, 4) is 0 Å². The fourth-order valence-corrected chi connectivity index (χ4v) is 3.48. The molecule has 0 aliphatic carbocycles. The lowest BCUT2D eigenvalue weighted by Crippen LogP contribution is -2.55. The lowest BCUT2D eigenvalue weighted by Gasteiger charge is -2.23. The van der Waals surface area contributed by atoms with Gasteiger partial charge in [-0.05, 0) is 43.4 Å². The van der Waals surface area contributed by atoms with E-state index in [1.54, 1.807) is 0 Å². The van der Waals surface area contributed by atoms with Crippen LogP contribution in [0.5, 0.6) is 0 Å². The maximum absolute atomic E-state index is 12.8. The lowest BCUT2D eigenvalue weighted by molar-refractivity contribution is -0.142. The number of amides is 2. The van der Waals surface area contributed by atoms with Crippen molar-refractivity contribution in [3.63, 3.8) is 0 Å². The van der Waals surface area contributed by atoms with Gasteiger partial charge in [0.1, 0.15) is 12.1 Å². The summed E-state index contributed by atoms with van der Waals surface area (Å²) in [5.41, 5.74) is 0.897. The van der Waals surface area contributed by atoms with Gasteiger partial charge in [-0.1, -0.05) is 30.3 Å². The molecular weight excluding hydrogens is 366 g/mol. The largest absolute Gasteiger partial charge is 0.480 e. The summed E-state index contributed by atoms with van der Waals surface area (Å²) in [6.07, 6.45) is 4.17. The summed E-state index contributed by atoms with van der Waals surface area (Å²) >= 11 is 1.52. The molecule has 1 aliphatic rings. The maximum Gasteiger partial charge on any atom is 0.326 e. The van der Waals surface area contributed by atoms with Crippen molar-refractivity contribution in [2.24, 2.45) is 0 Å². The number of hydrogen-bond acceptors (Lipinski definition) is 5. The molecule has 0 bridgehead atoms. The molecule has 2 amide bonds. The van der Waals surface area contributed by atoms with Crippen molar-refractivity contribution in [2.45, 2.75) is 43.8 Å². The van der Waals surface area contributed by atoms with E-state index in [0.717, 1.165) is 24.9 Å². The van der Waals surface area contributed by atoms with E-state index in [9.17, 15) is 19.5 Å². The van der Waals surface area contributed by atoms with Gasteiger partial charge in [-0.15, -0.1) is 0 Å². The molecule has 1 aromatic rings. The second-order valence-corrected chi connectivity index (χ2v) is 7.57. The number of carboxylic acid groups (broad SMARTS) is 1. The van der Waals surface area contributed by atoms with Crippen LogP contribution in [-0.2, 0) is 20.8 Å². The van der Waals surface area contributed by atoms with Crippen molar-refractivity contribution < 1.29 is 19.5 Å². The number of aliphatic carboxylic acids is 1. The molecule has 148 valence electrons. The minimum atomic E-state index is -1.07. The number of carbonyl (C=O) groups is 3. The van der Waals surface area contributed by atoms with Crippen LogP contribution in [0.1, 0.15) is 24.8 Å². The molecule has 8 heteroatoms. The van der Waals surface area contributed by atoms with Gasteiger partial charge in [0.15, 0.2) is 0 Å². The van der Waals surface area contributed by atoms with Crippen LogP contribution in [0, 0.1) is 0 Å². The Bertz CT molecular complexity index is 635. The van der Waals surface area contributed by atoms with E-state index in [4.69, 9.17) is 0 Å². The first-order chi connectivity index (χ1) is 13.0.